The number of hydrogen-bond acceptors (Lipinski definition) is 5. The average Bonchev–Trinajstić information content (AvgIpc) is 2.44. The number of nitrogens with one attached hydrogen (secondary N) is 1. The van der Waals surface area contributed by atoms with Crippen LogP contribution in [-0.4, -0.2) is 54.7 Å². The third-order valence-electron chi connectivity index (χ3n) is 3.90. The van der Waals surface area contributed by atoms with Crippen molar-refractivity contribution in [2.75, 3.05) is 32.9 Å². The lowest BCUT2D eigenvalue weighted by atomic mass is 9.99. The van der Waals surface area contributed by atoms with E-state index in [1.54, 1.807) is 0 Å². The van der Waals surface area contributed by atoms with Gasteiger partial charge in [-0.2, -0.15) is 0 Å². The van der Waals surface area contributed by atoms with E-state index in [0.717, 1.165) is 32.2 Å². The lowest BCUT2D eigenvalue weighted by Crippen LogP contribution is -2.39. The molecule has 0 spiro atoms. The first kappa shape index (κ1) is 18.9. The number of sulfone groups is 1. The highest BCUT2D eigenvalue weighted by Gasteiger charge is 2.23. The summed E-state index contributed by atoms with van der Waals surface area (Å²) >= 11 is 3.19. The summed E-state index contributed by atoms with van der Waals surface area (Å²) < 4.78 is 51.2. The Morgan fingerprint density at radius 3 is 2.61 bits per heavy atom. The minimum absolute atomic E-state index is 0.0153. The van der Waals surface area contributed by atoms with Gasteiger partial charge < -0.3 is 4.90 Å². The van der Waals surface area contributed by atoms with Crippen molar-refractivity contribution in [1.29, 1.82) is 0 Å². The van der Waals surface area contributed by atoms with Gasteiger partial charge in [0.1, 0.15) is 0 Å². The minimum Gasteiger partial charge on any atom is -0.306 e. The van der Waals surface area contributed by atoms with Crippen LogP contribution >= 0.6 is 15.9 Å². The van der Waals surface area contributed by atoms with Gasteiger partial charge in [0, 0.05) is 23.8 Å². The summed E-state index contributed by atoms with van der Waals surface area (Å²) in [5.41, 5.74) is 0. The molecule has 6 nitrogen and oxygen atoms in total. The van der Waals surface area contributed by atoms with E-state index < -0.39 is 19.9 Å². The second-order valence-corrected chi connectivity index (χ2v) is 10.6. The predicted octanol–water partition coefficient (Wildman–Crippen LogP) is 1.47. The second kappa shape index (κ2) is 7.18. The van der Waals surface area contributed by atoms with E-state index in [-0.39, 0.29) is 15.7 Å². The number of sulfonamides is 1. The Hall–Kier alpha value is -0.480. The molecule has 0 aliphatic carbocycles. The van der Waals surface area contributed by atoms with Crippen molar-refractivity contribution in [3.05, 3.63) is 22.7 Å². The molecule has 0 radical (unpaired) electrons. The maximum atomic E-state index is 12.5. The SMILES string of the molecule is CN1CCCC(CNS(=O)(=O)c2cc(S(C)(=O)=O)ccc2Br)C1. The zero-order valence-electron chi connectivity index (χ0n) is 13.1. The molecule has 1 aromatic rings. The summed E-state index contributed by atoms with van der Waals surface area (Å²) in [6, 6.07) is 4.02. The summed E-state index contributed by atoms with van der Waals surface area (Å²) in [4.78, 5) is 2.12. The molecule has 23 heavy (non-hydrogen) atoms. The van der Waals surface area contributed by atoms with Crippen LogP contribution in [0.25, 0.3) is 0 Å². The number of benzene rings is 1. The van der Waals surface area contributed by atoms with Crippen molar-refractivity contribution >= 4 is 35.8 Å². The molecule has 1 heterocycles. The summed E-state index contributed by atoms with van der Waals surface area (Å²) in [7, 11) is -5.21. The fourth-order valence-electron chi connectivity index (χ4n) is 2.67. The Morgan fingerprint density at radius 2 is 2.00 bits per heavy atom. The van der Waals surface area contributed by atoms with Gasteiger partial charge in [-0.05, 0) is 66.5 Å². The van der Waals surface area contributed by atoms with E-state index in [2.05, 4.69) is 25.6 Å². The van der Waals surface area contributed by atoms with Crippen molar-refractivity contribution in [1.82, 2.24) is 9.62 Å². The fourth-order valence-corrected chi connectivity index (χ4v) is 5.49. The van der Waals surface area contributed by atoms with E-state index in [1.165, 1.54) is 18.2 Å². The molecule has 1 aliphatic heterocycles. The topological polar surface area (TPSA) is 83.6 Å². The maximum absolute atomic E-state index is 12.5. The second-order valence-electron chi connectivity index (χ2n) is 5.99. The third kappa shape index (κ3) is 4.99. The summed E-state index contributed by atoms with van der Waals surface area (Å²) in [6.07, 6.45) is 3.09. The predicted molar refractivity (Wildman–Crippen MR) is 92.7 cm³/mol. The molecule has 2 rings (SSSR count). The molecule has 1 unspecified atom stereocenters. The smallest absolute Gasteiger partial charge is 0.241 e. The molecule has 1 fully saturated rings. The first-order valence-corrected chi connectivity index (χ1v) is 11.4. The first-order valence-electron chi connectivity index (χ1n) is 7.27. The van der Waals surface area contributed by atoms with Gasteiger partial charge in [0.05, 0.1) is 9.79 Å². The van der Waals surface area contributed by atoms with Crippen LogP contribution in [0.1, 0.15) is 12.8 Å². The van der Waals surface area contributed by atoms with Gasteiger partial charge >= 0.3 is 0 Å². The quantitative estimate of drug-likeness (QED) is 0.773. The lowest BCUT2D eigenvalue weighted by Gasteiger charge is -2.29. The Kier molecular flexibility index (Phi) is 5.89. The van der Waals surface area contributed by atoms with Crippen molar-refractivity contribution in [2.45, 2.75) is 22.6 Å². The monoisotopic (exact) mass is 424 g/mol. The molecule has 130 valence electrons. The molecule has 0 saturated carbocycles. The highest BCUT2D eigenvalue weighted by atomic mass is 79.9. The van der Waals surface area contributed by atoms with Crippen LogP contribution in [0.3, 0.4) is 0 Å². The number of likely N-dealkylation sites (tertiary alicyclic amines) is 1. The molecule has 1 atom stereocenters. The van der Waals surface area contributed by atoms with Crippen LogP contribution in [0.4, 0.5) is 0 Å². The van der Waals surface area contributed by atoms with Crippen molar-refractivity contribution < 1.29 is 16.8 Å². The summed E-state index contributed by atoms with van der Waals surface area (Å²) in [6.45, 7) is 2.24. The van der Waals surface area contributed by atoms with Crippen molar-refractivity contribution in [3.8, 4) is 0 Å². The lowest BCUT2D eigenvalue weighted by molar-refractivity contribution is 0.211. The molecule has 1 saturated heterocycles. The van der Waals surface area contributed by atoms with E-state index in [1.807, 2.05) is 7.05 Å². The molecule has 9 heteroatoms. The highest BCUT2D eigenvalue weighted by molar-refractivity contribution is 9.10. The largest absolute Gasteiger partial charge is 0.306 e. The number of rotatable bonds is 5. The molecule has 1 aromatic carbocycles. The molecule has 0 aromatic heterocycles. The van der Waals surface area contributed by atoms with Gasteiger partial charge in [0.25, 0.3) is 0 Å². The number of nitrogens with zero attached hydrogens (tertiary/aromatic N) is 1. The molecular formula is C14H21BrN2O4S2. The Bertz CT molecular complexity index is 778. The normalized spacial score (nSPS) is 20.6. The van der Waals surface area contributed by atoms with E-state index in [4.69, 9.17) is 0 Å². The van der Waals surface area contributed by atoms with Gasteiger partial charge in [-0.25, -0.2) is 21.6 Å². The standard InChI is InChI=1S/C14H21BrN2O4S2/c1-17-7-3-4-11(10-17)9-16-23(20,21)14-8-12(22(2,18)19)5-6-13(14)15/h5-6,8,11,16H,3-4,7,9-10H2,1-2H3. The van der Waals surface area contributed by atoms with Gasteiger partial charge in [0.2, 0.25) is 10.0 Å². The van der Waals surface area contributed by atoms with Crippen LogP contribution in [0.2, 0.25) is 0 Å². The third-order valence-corrected chi connectivity index (χ3v) is 7.43. The Labute approximate surface area is 146 Å². The van der Waals surface area contributed by atoms with Gasteiger partial charge in [0.15, 0.2) is 9.84 Å². The highest BCUT2D eigenvalue weighted by Crippen LogP contribution is 2.25. The van der Waals surface area contributed by atoms with Crippen molar-refractivity contribution in [3.63, 3.8) is 0 Å². The minimum atomic E-state index is -3.77. The molecular weight excluding hydrogens is 404 g/mol. The van der Waals surface area contributed by atoms with Gasteiger partial charge in [-0.1, -0.05) is 0 Å². The zero-order valence-corrected chi connectivity index (χ0v) is 16.3. The van der Waals surface area contributed by atoms with Gasteiger partial charge in [-0.3, -0.25) is 0 Å². The van der Waals surface area contributed by atoms with Crippen LogP contribution in [0.5, 0.6) is 0 Å². The average molecular weight is 425 g/mol. The Balaban J connectivity index is 2.19. The van der Waals surface area contributed by atoms with Crippen LogP contribution in [-0.2, 0) is 19.9 Å². The fraction of sp³-hybridized carbons (Fsp3) is 0.571. The van der Waals surface area contributed by atoms with Crippen molar-refractivity contribution in [2.24, 2.45) is 5.92 Å². The van der Waals surface area contributed by atoms with Crippen LogP contribution in [0, 0.1) is 5.92 Å². The number of halogens is 1. The zero-order chi connectivity index (χ0) is 17.3. The molecule has 1 aliphatic rings. The van der Waals surface area contributed by atoms with Crippen LogP contribution in [0.15, 0.2) is 32.5 Å². The molecule has 0 bridgehead atoms. The van der Waals surface area contributed by atoms with E-state index in [0.29, 0.717) is 11.0 Å². The molecule has 1 N–H and O–H groups in total. The summed E-state index contributed by atoms with van der Waals surface area (Å²) in [5, 5.41) is 0. The Morgan fingerprint density at radius 1 is 1.30 bits per heavy atom. The maximum Gasteiger partial charge on any atom is 0.241 e. The van der Waals surface area contributed by atoms with E-state index in [9.17, 15) is 16.8 Å². The molecule has 0 amide bonds. The van der Waals surface area contributed by atoms with Crippen LogP contribution < -0.4 is 4.72 Å². The van der Waals surface area contributed by atoms with Gasteiger partial charge in [-0.15, -0.1) is 0 Å². The number of hydrogen-bond donors (Lipinski definition) is 1. The summed E-state index contributed by atoms with van der Waals surface area (Å²) in [5.74, 6) is 0.264. The first-order chi connectivity index (χ1) is 10.6. The number of piperidine rings is 1. The van der Waals surface area contributed by atoms with E-state index >= 15 is 0 Å².